The number of carbonyl (C=O) groups is 1. The minimum Gasteiger partial charge on any atom is -0.331 e. The van der Waals surface area contributed by atoms with Crippen molar-refractivity contribution in [2.24, 2.45) is 7.05 Å². The van der Waals surface area contributed by atoms with E-state index in [1.54, 1.807) is 22.2 Å². The van der Waals surface area contributed by atoms with Crippen LogP contribution < -0.4 is 5.32 Å². The van der Waals surface area contributed by atoms with Gasteiger partial charge in [-0.15, -0.1) is 11.3 Å². The Kier molecular flexibility index (Phi) is 4.89. The Morgan fingerprint density at radius 1 is 1.21 bits per heavy atom. The molecule has 1 unspecified atom stereocenters. The summed E-state index contributed by atoms with van der Waals surface area (Å²) in [6.07, 6.45) is 3.69. The lowest BCUT2D eigenvalue weighted by Crippen LogP contribution is -2.31. The van der Waals surface area contributed by atoms with Crippen LogP contribution in [0, 0.1) is 20.8 Å². The number of aromatic nitrogens is 4. The molecular formula is C20H24N6OS. The molecule has 146 valence electrons. The second-order valence-electron chi connectivity index (χ2n) is 7.30. The highest BCUT2D eigenvalue weighted by Crippen LogP contribution is 2.34. The molecule has 1 aliphatic heterocycles. The first-order valence-corrected chi connectivity index (χ1v) is 10.3. The number of hydrogen-bond acceptors (Lipinski definition) is 6. The lowest BCUT2D eigenvalue weighted by atomic mass is 10.1. The molecule has 7 nitrogen and oxygen atoms in total. The van der Waals surface area contributed by atoms with Crippen LogP contribution in [0.4, 0.5) is 10.8 Å². The van der Waals surface area contributed by atoms with Crippen LogP contribution >= 0.6 is 11.3 Å². The maximum Gasteiger partial charge on any atom is 0.257 e. The van der Waals surface area contributed by atoms with E-state index >= 15 is 0 Å². The van der Waals surface area contributed by atoms with Gasteiger partial charge in [0.05, 0.1) is 28.7 Å². The van der Waals surface area contributed by atoms with E-state index in [-0.39, 0.29) is 11.9 Å². The predicted octanol–water partition coefficient (Wildman–Crippen LogP) is 3.92. The number of likely N-dealkylation sites (tertiary alicyclic amines) is 1. The number of rotatable bonds is 4. The smallest absolute Gasteiger partial charge is 0.257 e. The predicted molar refractivity (Wildman–Crippen MR) is 110 cm³/mol. The SMILES string of the molecule is Cc1cc(Nc2nc(C)cs2)cc(C2CCCN2C(=O)c2cn(C)nc2C)n1. The lowest BCUT2D eigenvalue weighted by Gasteiger charge is -2.25. The molecule has 1 N–H and O–H groups in total. The van der Waals surface area contributed by atoms with Crippen molar-refractivity contribution in [3.8, 4) is 0 Å². The van der Waals surface area contributed by atoms with E-state index in [9.17, 15) is 4.79 Å². The molecule has 1 aliphatic rings. The summed E-state index contributed by atoms with van der Waals surface area (Å²) in [6, 6.07) is 4.02. The van der Waals surface area contributed by atoms with Crippen molar-refractivity contribution >= 4 is 28.1 Å². The third kappa shape index (κ3) is 3.64. The van der Waals surface area contributed by atoms with E-state index in [0.717, 1.165) is 53.0 Å². The van der Waals surface area contributed by atoms with Crippen LogP contribution in [0.3, 0.4) is 0 Å². The van der Waals surface area contributed by atoms with E-state index in [2.05, 4.69) is 15.4 Å². The molecule has 3 aromatic heterocycles. The zero-order valence-electron chi connectivity index (χ0n) is 16.6. The highest BCUT2D eigenvalue weighted by Gasteiger charge is 2.33. The third-order valence-electron chi connectivity index (χ3n) is 4.94. The largest absolute Gasteiger partial charge is 0.331 e. The number of aryl methyl sites for hydroxylation is 4. The molecule has 1 atom stereocenters. The third-order valence-corrected chi connectivity index (χ3v) is 5.82. The van der Waals surface area contributed by atoms with Gasteiger partial charge in [0.2, 0.25) is 0 Å². The summed E-state index contributed by atoms with van der Waals surface area (Å²) in [5.74, 6) is 0.0291. The van der Waals surface area contributed by atoms with E-state index in [1.807, 2.05) is 50.2 Å². The van der Waals surface area contributed by atoms with Crippen molar-refractivity contribution in [1.82, 2.24) is 24.6 Å². The number of nitrogens with zero attached hydrogens (tertiary/aromatic N) is 5. The minimum absolute atomic E-state index is 0.0226. The summed E-state index contributed by atoms with van der Waals surface area (Å²) in [5, 5.41) is 10.6. The first-order valence-electron chi connectivity index (χ1n) is 9.39. The second kappa shape index (κ2) is 7.35. The summed E-state index contributed by atoms with van der Waals surface area (Å²) in [7, 11) is 1.84. The maximum absolute atomic E-state index is 13.1. The van der Waals surface area contributed by atoms with Crippen LogP contribution in [0.5, 0.6) is 0 Å². The average molecular weight is 397 g/mol. The van der Waals surface area contributed by atoms with E-state index in [4.69, 9.17) is 4.98 Å². The molecule has 0 aliphatic carbocycles. The van der Waals surface area contributed by atoms with Crippen molar-refractivity contribution in [3.63, 3.8) is 0 Å². The Morgan fingerprint density at radius 3 is 2.71 bits per heavy atom. The first-order chi connectivity index (χ1) is 13.4. The summed E-state index contributed by atoms with van der Waals surface area (Å²) < 4.78 is 1.69. The van der Waals surface area contributed by atoms with E-state index < -0.39 is 0 Å². The molecule has 1 fully saturated rings. The van der Waals surface area contributed by atoms with Gasteiger partial charge in [0, 0.05) is 36.6 Å². The first kappa shape index (κ1) is 18.6. The molecule has 0 bridgehead atoms. The molecule has 4 heterocycles. The number of carbonyl (C=O) groups excluding carboxylic acids is 1. The van der Waals surface area contributed by atoms with Crippen LogP contribution in [-0.2, 0) is 7.05 Å². The van der Waals surface area contributed by atoms with Crippen molar-refractivity contribution in [2.75, 3.05) is 11.9 Å². The number of anilines is 2. The number of nitrogens with one attached hydrogen (secondary N) is 1. The Morgan fingerprint density at radius 2 is 2.04 bits per heavy atom. The fourth-order valence-corrected chi connectivity index (χ4v) is 4.46. The van der Waals surface area contributed by atoms with Gasteiger partial charge in [-0.3, -0.25) is 14.5 Å². The summed E-state index contributed by atoms with van der Waals surface area (Å²) >= 11 is 1.58. The van der Waals surface area contributed by atoms with Gasteiger partial charge in [-0.05, 0) is 45.7 Å². The molecule has 28 heavy (non-hydrogen) atoms. The van der Waals surface area contributed by atoms with Gasteiger partial charge >= 0.3 is 0 Å². The Bertz CT molecular complexity index is 1020. The van der Waals surface area contributed by atoms with Crippen LogP contribution in [-0.4, -0.2) is 37.1 Å². The monoisotopic (exact) mass is 396 g/mol. The molecule has 1 amide bonds. The lowest BCUT2D eigenvalue weighted by molar-refractivity contribution is 0.0732. The topological polar surface area (TPSA) is 75.9 Å². The number of pyridine rings is 1. The zero-order chi connectivity index (χ0) is 19.8. The van der Waals surface area contributed by atoms with Gasteiger partial charge in [-0.1, -0.05) is 0 Å². The molecule has 0 saturated carbocycles. The number of amides is 1. The van der Waals surface area contributed by atoms with E-state index in [0.29, 0.717) is 5.56 Å². The summed E-state index contributed by atoms with van der Waals surface area (Å²) in [4.78, 5) is 24.3. The molecule has 0 radical (unpaired) electrons. The maximum atomic E-state index is 13.1. The van der Waals surface area contributed by atoms with Gasteiger partial charge in [-0.25, -0.2) is 4.98 Å². The highest BCUT2D eigenvalue weighted by atomic mass is 32.1. The zero-order valence-corrected chi connectivity index (χ0v) is 17.4. The van der Waals surface area contributed by atoms with Gasteiger partial charge in [0.25, 0.3) is 5.91 Å². The molecule has 8 heteroatoms. The average Bonchev–Trinajstić information content (AvgIpc) is 3.34. The molecule has 3 aromatic rings. The van der Waals surface area contributed by atoms with Gasteiger partial charge in [0.15, 0.2) is 5.13 Å². The molecular weight excluding hydrogens is 372 g/mol. The Labute approximate surface area is 168 Å². The van der Waals surface area contributed by atoms with Crippen LogP contribution in [0.15, 0.2) is 23.7 Å². The van der Waals surface area contributed by atoms with Gasteiger partial charge < -0.3 is 10.2 Å². The standard InChI is InChI=1S/C20H24N6OS/c1-12-8-15(23-20-22-13(2)11-28-20)9-17(21-12)18-6-5-7-26(18)19(27)16-10-25(4)24-14(16)3/h8-11,18H,5-7H2,1-4H3,(H,21,22,23). The minimum atomic E-state index is -0.0226. The highest BCUT2D eigenvalue weighted by molar-refractivity contribution is 7.13. The fraction of sp³-hybridized carbons (Fsp3) is 0.400. The summed E-state index contributed by atoms with van der Waals surface area (Å²) in [5.41, 5.74) is 5.22. The van der Waals surface area contributed by atoms with Crippen molar-refractivity contribution in [1.29, 1.82) is 0 Å². The molecule has 0 aromatic carbocycles. The van der Waals surface area contributed by atoms with Crippen molar-refractivity contribution in [3.05, 3.63) is 52.0 Å². The number of hydrogen-bond donors (Lipinski definition) is 1. The molecule has 4 rings (SSSR count). The second-order valence-corrected chi connectivity index (χ2v) is 8.16. The Balaban J connectivity index is 1.62. The Hall–Kier alpha value is -2.74. The number of thiazole rings is 1. The van der Waals surface area contributed by atoms with E-state index in [1.165, 1.54) is 0 Å². The summed E-state index contributed by atoms with van der Waals surface area (Å²) in [6.45, 7) is 6.57. The van der Waals surface area contributed by atoms with Gasteiger partial charge in [-0.2, -0.15) is 5.10 Å². The fourth-order valence-electron chi connectivity index (χ4n) is 3.75. The van der Waals surface area contributed by atoms with Gasteiger partial charge in [0.1, 0.15) is 0 Å². The van der Waals surface area contributed by atoms with Crippen molar-refractivity contribution < 1.29 is 4.79 Å². The van der Waals surface area contributed by atoms with Crippen LogP contribution in [0.1, 0.15) is 52.0 Å². The van der Waals surface area contributed by atoms with Crippen LogP contribution in [0.2, 0.25) is 0 Å². The normalized spacial score (nSPS) is 16.6. The van der Waals surface area contributed by atoms with Crippen molar-refractivity contribution in [2.45, 2.75) is 39.7 Å². The van der Waals surface area contributed by atoms with Crippen LogP contribution in [0.25, 0.3) is 0 Å². The quantitative estimate of drug-likeness (QED) is 0.723. The molecule has 1 saturated heterocycles. The molecule has 0 spiro atoms.